The number of ketones is 1. The topological polar surface area (TPSA) is 74.4 Å². The number of aromatic nitrogens is 1. The van der Waals surface area contributed by atoms with Gasteiger partial charge in [-0.15, -0.1) is 0 Å². The molecule has 22 heavy (non-hydrogen) atoms. The summed E-state index contributed by atoms with van der Waals surface area (Å²) in [5.74, 6) is 0.0202. The number of hydrogen-bond acceptors (Lipinski definition) is 4. The van der Waals surface area contributed by atoms with Crippen molar-refractivity contribution in [3.8, 4) is 0 Å². The average Bonchev–Trinajstić information content (AvgIpc) is 3.08. The lowest BCUT2D eigenvalue weighted by atomic mass is 10.2. The molecule has 0 aromatic carbocycles. The Morgan fingerprint density at radius 1 is 1.45 bits per heavy atom. The van der Waals surface area contributed by atoms with Crippen LogP contribution in [0.15, 0.2) is 18.3 Å². The zero-order valence-electron chi connectivity index (χ0n) is 13.5. The number of ether oxygens (including phenoxy) is 1. The zero-order valence-corrected chi connectivity index (χ0v) is 13.5. The molecule has 1 aromatic rings. The van der Waals surface area contributed by atoms with Gasteiger partial charge in [-0.25, -0.2) is 4.79 Å². The van der Waals surface area contributed by atoms with Crippen LogP contribution in [0.4, 0.5) is 4.79 Å². The van der Waals surface area contributed by atoms with Gasteiger partial charge in [0.1, 0.15) is 5.60 Å². The van der Waals surface area contributed by atoms with Crippen molar-refractivity contribution >= 4 is 11.9 Å². The molecule has 0 aliphatic carbocycles. The van der Waals surface area contributed by atoms with Crippen LogP contribution in [-0.2, 0) is 4.74 Å². The summed E-state index contributed by atoms with van der Waals surface area (Å²) in [5, 5.41) is 3.14. The van der Waals surface area contributed by atoms with Crippen LogP contribution < -0.4 is 5.32 Å². The van der Waals surface area contributed by atoms with Gasteiger partial charge in [0.25, 0.3) is 0 Å². The second kappa shape index (κ2) is 6.96. The Balaban J connectivity index is 1.79. The molecule has 0 unspecified atom stereocenters. The highest BCUT2D eigenvalue weighted by Gasteiger charge is 2.31. The maximum atomic E-state index is 12.2. The van der Waals surface area contributed by atoms with Crippen LogP contribution in [0.5, 0.6) is 0 Å². The summed E-state index contributed by atoms with van der Waals surface area (Å²) in [5.41, 5.74) is 0.115. The van der Waals surface area contributed by atoms with Crippen molar-refractivity contribution < 1.29 is 14.3 Å². The first-order chi connectivity index (χ1) is 10.4. The summed E-state index contributed by atoms with van der Waals surface area (Å²) in [4.78, 5) is 28.7. The molecular formula is C16H25N3O3. The number of likely N-dealkylation sites (tertiary alicyclic amines) is 1. The lowest BCUT2D eigenvalue weighted by Gasteiger charge is -2.28. The van der Waals surface area contributed by atoms with Gasteiger partial charge in [0.05, 0.1) is 12.2 Å². The molecule has 1 aromatic heterocycles. The van der Waals surface area contributed by atoms with Gasteiger partial charge >= 0.3 is 6.09 Å². The SMILES string of the molecule is CC(C)(C)OC(=O)N1CCC[C@@H]1CNCC(=O)c1ccc[nH]1. The summed E-state index contributed by atoms with van der Waals surface area (Å²) in [6.07, 6.45) is 3.36. The van der Waals surface area contributed by atoms with Crippen molar-refractivity contribution in [1.29, 1.82) is 0 Å². The number of amides is 1. The van der Waals surface area contributed by atoms with Crippen LogP contribution in [0.1, 0.15) is 44.1 Å². The third-order valence-corrected chi connectivity index (χ3v) is 3.57. The van der Waals surface area contributed by atoms with E-state index >= 15 is 0 Å². The van der Waals surface area contributed by atoms with Crippen LogP contribution in [0.3, 0.4) is 0 Å². The monoisotopic (exact) mass is 307 g/mol. The highest BCUT2D eigenvalue weighted by atomic mass is 16.6. The fourth-order valence-corrected chi connectivity index (χ4v) is 2.56. The smallest absolute Gasteiger partial charge is 0.410 e. The number of H-pyrrole nitrogens is 1. The first-order valence-electron chi connectivity index (χ1n) is 7.74. The van der Waals surface area contributed by atoms with E-state index < -0.39 is 5.60 Å². The fraction of sp³-hybridized carbons (Fsp3) is 0.625. The number of nitrogens with one attached hydrogen (secondary N) is 2. The second-order valence-corrected chi connectivity index (χ2v) is 6.61. The Bertz CT molecular complexity index is 505. The van der Waals surface area contributed by atoms with Crippen molar-refractivity contribution in [3.05, 3.63) is 24.0 Å². The lowest BCUT2D eigenvalue weighted by Crippen LogP contribution is -2.44. The van der Waals surface area contributed by atoms with Crippen molar-refractivity contribution in [2.75, 3.05) is 19.6 Å². The Morgan fingerprint density at radius 3 is 2.86 bits per heavy atom. The van der Waals surface area contributed by atoms with Gasteiger partial charge in [0, 0.05) is 25.3 Å². The first-order valence-corrected chi connectivity index (χ1v) is 7.74. The van der Waals surface area contributed by atoms with Crippen LogP contribution in [-0.4, -0.2) is 53.0 Å². The highest BCUT2D eigenvalue weighted by Crippen LogP contribution is 2.20. The van der Waals surface area contributed by atoms with E-state index in [1.807, 2.05) is 20.8 Å². The molecule has 0 radical (unpaired) electrons. The summed E-state index contributed by atoms with van der Waals surface area (Å²) < 4.78 is 5.43. The van der Waals surface area contributed by atoms with E-state index in [0.29, 0.717) is 18.8 Å². The molecule has 1 amide bonds. The summed E-state index contributed by atoms with van der Waals surface area (Å²) in [7, 11) is 0. The van der Waals surface area contributed by atoms with E-state index in [9.17, 15) is 9.59 Å². The number of carbonyl (C=O) groups excluding carboxylic acids is 2. The van der Waals surface area contributed by atoms with Gasteiger partial charge in [-0.3, -0.25) is 4.79 Å². The lowest BCUT2D eigenvalue weighted by molar-refractivity contribution is 0.0227. The minimum Gasteiger partial charge on any atom is -0.444 e. The molecule has 6 nitrogen and oxygen atoms in total. The van der Waals surface area contributed by atoms with Gasteiger partial charge in [-0.05, 0) is 45.7 Å². The van der Waals surface area contributed by atoms with Crippen LogP contribution in [0.25, 0.3) is 0 Å². The molecule has 2 rings (SSSR count). The summed E-state index contributed by atoms with van der Waals surface area (Å²) in [6, 6.07) is 3.65. The van der Waals surface area contributed by atoms with E-state index in [1.54, 1.807) is 23.2 Å². The quantitative estimate of drug-likeness (QED) is 0.818. The molecule has 1 atom stereocenters. The predicted molar refractivity (Wildman–Crippen MR) is 84.0 cm³/mol. The van der Waals surface area contributed by atoms with E-state index in [2.05, 4.69) is 10.3 Å². The number of carbonyl (C=O) groups is 2. The fourth-order valence-electron chi connectivity index (χ4n) is 2.56. The first kappa shape index (κ1) is 16.5. The van der Waals surface area contributed by atoms with E-state index in [0.717, 1.165) is 12.8 Å². The molecule has 0 spiro atoms. The maximum absolute atomic E-state index is 12.2. The van der Waals surface area contributed by atoms with Crippen molar-refractivity contribution in [1.82, 2.24) is 15.2 Å². The molecule has 6 heteroatoms. The van der Waals surface area contributed by atoms with Gasteiger partial charge < -0.3 is 19.9 Å². The van der Waals surface area contributed by atoms with Crippen molar-refractivity contribution in [3.63, 3.8) is 0 Å². The van der Waals surface area contributed by atoms with Crippen molar-refractivity contribution in [2.45, 2.75) is 45.3 Å². The molecule has 2 N–H and O–H groups in total. The molecule has 1 saturated heterocycles. The van der Waals surface area contributed by atoms with Gasteiger partial charge in [-0.1, -0.05) is 0 Å². The largest absolute Gasteiger partial charge is 0.444 e. The standard InChI is InChI=1S/C16H25N3O3/c1-16(2,3)22-15(21)19-9-5-6-12(19)10-17-11-14(20)13-7-4-8-18-13/h4,7-8,12,17-18H,5-6,9-11H2,1-3H3/t12-/m1/s1. The highest BCUT2D eigenvalue weighted by molar-refractivity contribution is 5.95. The molecule has 0 bridgehead atoms. The predicted octanol–water partition coefficient (Wildman–Crippen LogP) is 2.19. The van der Waals surface area contributed by atoms with Gasteiger partial charge in [0.15, 0.2) is 5.78 Å². The Morgan fingerprint density at radius 2 is 2.23 bits per heavy atom. The molecule has 2 heterocycles. The zero-order chi connectivity index (χ0) is 16.2. The Hall–Kier alpha value is -1.82. The number of nitrogens with zero attached hydrogens (tertiary/aromatic N) is 1. The maximum Gasteiger partial charge on any atom is 0.410 e. The number of aromatic amines is 1. The van der Waals surface area contributed by atoms with E-state index in [4.69, 9.17) is 4.74 Å². The molecule has 1 aliphatic rings. The van der Waals surface area contributed by atoms with Gasteiger partial charge in [0.2, 0.25) is 0 Å². The number of hydrogen-bond donors (Lipinski definition) is 2. The van der Waals surface area contributed by atoms with Crippen LogP contribution in [0.2, 0.25) is 0 Å². The second-order valence-electron chi connectivity index (χ2n) is 6.61. The minimum absolute atomic E-state index is 0.0202. The van der Waals surface area contributed by atoms with Crippen molar-refractivity contribution in [2.24, 2.45) is 0 Å². The molecular weight excluding hydrogens is 282 g/mol. The normalized spacial score (nSPS) is 18.5. The molecule has 122 valence electrons. The van der Waals surface area contributed by atoms with Gasteiger partial charge in [-0.2, -0.15) is 0 Å². The number of rotatable bonds is 5. The number of Topliss-reactive ketones (excluding diaryl/α,β-unsaturated/α-hetero) is 1. The van der Waals surface area contributed by atoms with Crippen LogP contribution >= 0.6 is 0 Å². The summed E-state index contributed by atoms with van der Waals surface area (Å²) in [6.45, 7) is 7.17. The molecule has 0 saturated carbocycles. The van der Waals surface area contributed by atoms with E-state index in [1.165, 1.54) is 0 Å². The van der Waals surface area contributed by atoms with Crippen LogP contribution in [0, 0.1) is 0 Å². The Labute approximate surface area is 131 Å². The summed E-state index contributed by atoms with van der Waals surface area (Å²) >= 11 is 0. The average molecular weight is 307 g/mol. The Kier molecular flexibility index (Phi) is 5.24. The molecule has 1 aliphatic heterocycles. The van der Waals surface area contributed by atoms with E-state index in [-0.39, 0.29) is 24.5 Å². The third-order valence-electron chi connectivity index (χ3n) is 3.57. The third kappa shape index (κ3) is 4.59. The minimum atomic E-state index is -0.485. The molecule has 1 fully saturated rings.